The van der Waals surface area contributed by atoms with Gasteiger partial charge < -0.3 is 9.88 Å². The second-order valence-corrected chi connectivity index (χ2v) is 5.90. The number of anilines is 1. The Kier molecular flexibility index (Phi) is 4.99. The zero-order valence-electron chi connectivity index (χ0n) is 10.5. The van der Waals surface area contributed by atoms with E-state index in [4.69, 9.17) is 0 Å². The van der Waals surface area contributed by atoms with Gasteiger partial charge in [0.2, 0.25) is 5.95 Å². The molecule has 1 aromatic heterocycles. The third-order valence-electron chi connectivity index (χ3n) is 2.45. The lowest BCUT2D eigenvalue weighted by molar-refractivity contribution is 0.644. The highest BCUT2D eigenvalue weighted by atomic mass is 32.2. The first-order valence-corrected chi connectivity index (χ1v) is 7.26. The van der Waals surface area contributed by atoms with Crippen molar-refractivity contribution in [1.82, 2.24) is 9.55 Å². The summed E-state index contributed by atoms with van der Waals surface area (Å²) in [5.41, 5.74) is 0.993. The lowest BCUT2D eigenvalue weighted by Gasteiger charge is -2.12. The fraction of sp³-hybridized carbons (Fsp3) is 0.727. The molecule has 0 aliphatic carbocycles. The van der Waals surface area contributed by atoms with Gasteiger partial charge in [-0.2, -0.15) is 0 Å². The minimum absolute atomic E-state index is 0.149. The van der Waals surface area contributed by atoms with Gasteiger partial charge in [-0.05, 0) is 20.3 Å². The van der Waals surface area contributed by atoms with Crippen molar-refractivity contribution in [2.75, 3.05) is 18.1 Å². The molecule has 0 aromatic carbocycles. The topological polar surface area (TPSA) is 46.9 Å². The molecular weight excluding hydrogens is 222 g/mol. The van der Waals surface area contributed by atoms with E-state index in [1.807, 2.05) is 20.0 Å². The first-order valence-electron chi connectivity index (χ1n) is 5.64. The summed E-state index contributed by atoms with van der Waals surface area (Å²) in [7, 11) is -0.792. The predicted molar refractivity (Wildman–Crippen MR) is 69.3 cm³/mol. The van der Waals surface area contributed by atoms with Crippen LogP contribution < -0.4 is 5.32 Å². The number of hydrogen-bond acceptors (Lipinski definition) is 3. The number of imidazole rings is 1. The molecule has 0 bridgehead atoms. The highest BCUT2D eigenvalue weighted by Crippen LogP contribution is 2.10. The molecule has 92 valence electrons. The maximum Gasteiger partial charge on any atom is 0.203 e. The van der Waals surface area contributed by atoms with Gasteiger partial charge in [0.1, 0.15) is 0 Å². The van der Waals surface area contributed by atoms with Crippen LogP contribution in [0.5, 0.6) is 0 Å². The molecule has 5 heteroatoms. The van der Waals surface area contributed by atoms with E-state index in [2.05, 4.69) is 21.8 Å². The summed E-state index contributed by atoms with van der Waals surface area (Å²) >= 11 is 0. The molecule has 1 heterocycles. The Balaban J connectivity index is 2.73. The Hall–Kier alpha value is -0.840. The molecule has 4 nitrogen and oxygen atoms in total. The first-order chi connectivity index (χ1) is 7.54. The maximum absolute atomic E-state index is 11.3. The Morgan fingerprint density at radius 2 is 2.31 bits per heavy atom. The van der Waals surface area contributed by atoms with Crippen LogP contribution in [0.2, 0.25) is 0 Å². The van der Waals surface area contributed by atoms with Gasteiger partial charge in [0.05, 0.1) is 5.69 Å². The SMILES string of the molecule is CCCNc1nc(C)cn1CC(C)S(C)=O. The monoisotopic (exact) mass is 243 g/mol. The minimum Gasteiger partial charge on any atom is -0.356 e. The number of hydrogen-bond donors (Lipinski definition) is 1. The smallest absolute Gasteiger partial charge is 0.203 e. The Labute approximate surface area is 99.9 Å². The standard InChI is InChI=1S/C11H21N3OS/c1-5-6-12-11-13-9(2)7-14(11)8-10(3)16(4)15/h7,10H,5-6,8H2,1-4H3,(H,12,13). The van der Waals surface area contributed by atoms with Crippen LogP contribution in [0, 0.1) is 6.92 Å². The molecule has 1 N–H and O–H groups in total. The van der Waals surface area contributed by atoms with Crippen molar-refractivity contribution in [2.45, 2.75) is 39.0 Å². The molecule has 0 fully saturated rings. The van der Waals surface area contributed by atoms with Gasteiger partial charge in [-0.15, -0.1) is 0 Å². The lowest BCUT2D eigenvalue weighted by atomic mass is 10.4. The fourth-order valence-electron chi connectivity index (χ4n) is 1.45. The van der Waals surface area contributed by atoms with E-state index < -0.39 is 10.8 Å². The summed E-state index contributed by atoms with van der Waals surface area (Å²) in [6, 6.07) is 0. The lowest BCUT2D eigenvalue weighted by Crippen LogP contribution is -2.19. The van der Waals surface area contributed by atoms with E-state index in [9.17, 15) is 4.21 Å². The molecule has 1 aromatic rings. The zero-order valence-corrected chi connectivity index (χ0v) is 11.3. The Bertz CT molecular complexity index is 362. The molecule has 0 aliphatic heterocycles. The van der Waals surface area contributed by atoms with Gasteiger partial charge in [-0.3, -0.25) is 4.21 Å². The zero-order chi connectivity index (χ0) is 12.1. The number of aryl methyl sites for hydroxylation is 1. The highest BCUT2D eigenvalue weighted by Gasteiger charge is 2.11. The van der Waals surface area contributed by atoms with E-state index >= 15 is 0 Å². The summed E-state index contributed by atoms with van der Waals surface area (Å²) < 4.78 is 13.4. The average Bonchev–Trinajstić information content (AvgIpc) is 2.55. The molecule has 0 radical (unpaired) electrons. The van der Waals surface area contributed by atoms with Crippen molar-refractivity contribution in [3.05, 3.63) is 11.9 Å². The fourth-order valence-corrected chi connectivity index (χ4v) is 1.82. The summed E-state index contributed by atoms with van der Waals surface area (Å²) in [6.45, 7) is 7.75. The maximum atomic E-state index is 11.3. The molecule has 0 saturated heterocycles. The summed E-state index contributed by atoms with van der Waals surface area (Å²) in [6.07, 6.45) is 4.82. The van der Waals surface area contributed by atoms with E-state index in [-0.39, 0.29) is 5.25 Å². The molecule has 2 atom stereocenters. The molecular formula is C11H21N3OS. The number of rotatable bonds is 6. The molecule has 0 amide bonds. The van der Waals surface area contributed by atoms with E-state index in [0.29, 0.717) is 0 Å². The van der Waals surface area contributed by atoms with Crippen LogP contribution in [0.3, 0.4) is 0 Å². The molecule has 0 saturated carbocycles. The second-order valence-electron chi connectivity index (χ2n) is 4.09. The minimum atomic E-state index is -0.792. The normalized spacial score (nSPS) is 14.8. The first kappa shape index (κ1) is 13.2. The molecule has 0 spiro atoms. The van der Waals surface area contributed by atoms with Crippen LogP contribution >= 0.6 is 0 Å². The summed E-state index contributed by atoms with van der Waals surface area (Å²) in [4.78, 5) is 4.41. The number of nitrogens with zero attached hydrogens (tertiary/aromatic N) is 2. The third-order valence-corrected chi connectivity index (χ3v) is 3.73. The van der Waals surface area contributed by atoms with Crippen LogP contribution in [0.15, 0.2) is 6.20 Å². The van der Waals surface area contributed by atoms with Crippen molar-refractivity contribution in [3.63, 3.8) is 0 Å². The summed E-state index contributed by atoms with van der Waals surface area (Å²) in [5.74, 6) is 0.886. The van der Waals surface area contributed by atoms with Gasteiger partial charge in [0.25, 0.3) is 0 Å². The number of nitrogens with one attached hydrogen (secondary N) is 1. The summed E-state index contributed by atoms with van der Waals surface area (Å²) in [5, 5.41) is 3.43. The van der Waals surface area contributed by atoms with Gasteiger partial charge in [-0.1, -0.05) is 6.92 Å². The molecule has 0 aliphatic rings. The predicted octanol–water partition coefficient (Wildman–Crippen LogP) is 1.78. The van der Waals surface area contributed by atoms with Crippen molar-refractivity contribution < 1.29 is 4.21 Å². The van der Waals surface area contributed by atoms with Crippen molar-refractivity contribution in [3.8, 4) is 0 Å². The van der Waals surface area contributed by atoms with Gasteiger partial charge >= 0.3 is 0 Å². The third kappa shape index (κ3) is 3.63. The van der Waals surface area contributed by atoms with Gasteiger partial charge in [0, 0.05) is 41.6 Å². The van der Waals surface area contributed by atoms with Crippen LogP contribution in [-0.4, -0.2) is 31.8 Å². The highest BCUT2D eigenvalue weighted by molar-refractivity contribution is 7.84. The Morgan fingerprint density at radius 1 is 1.62 bits per heavy atom. The van der Waals surface area contributed by atoms with Gasteiger partial charge in [-0.25, -0.2) is 4.98 Å². The quantitative estimate of drug-likeness (QED) is 0.828. The second kappa shape index (κ2) is 6.03. The van der Waals surface area contributed by atoms with Crippen LogP contribution in [-0.2, 0) is 17.3 Å². The van der Waals surface area contributed by atoms with Crippen molar-refractivity contribution >= 4 is 16.7 Å². The van der Waals surface area contributed by atoms with Gasteiger partial charge in [0.15, 0.2) is 0 Å². The Morgan fingerprint density at radius 3 is 2.88 bits per heavy atom. The number of aromatic nitrogens is 2. The molecule has 2 unspecified atom stereocenters. The van der Waals surface area contributed by atoms with E-state index in [1.165, 1.54) is 0 Å². The van der Waals surface area contributed by atoms with E-state index in [1.54, 1.807) is 6.26 Å². The van der Waals surface area contributed by atoms with Crippen molar-refractivity contribution in [2.24, 2.45) is 0 Å². The average molecular weight is 243 g/mol. The van der Waals surface area contributed by atoms with Crippen molar-refractivity contribution in [1.29, 1.82) is 0 Å². The van der Waals surface area contributed by atoms with Crippen LogP contribution in [0.25, 0.3) is 0 Å². The van der Waals surface area contributed by atoms with Crippen LogP contribution in [0.1, 0.15) is 26.0 Å². The van der Waals surface area contributed by atoms with Crippen LogP contribution in [0.4, 0.5) is 5.95 Å². The van der Waals surface area contributed by atoms with E-state index in [0.717, 1.165) is 31.2 Å². The molecule has 1 rings (SSSR count). The molecule has 16 heavy (non-hydrogen) atoms. The largest absolute Gasteiger partial charge is 0.356 e.